The molecule has 0 radical (unpaired) electrons. The third-order valence-electron chi connectivity index (χ3n) is 24.8. The molecule has 24 aromatic rings. The van der Waals surface area contributed by atoms with E-state index in [2.05, 4.69) is 480 Å². The van der Waals surface area contributed by atoms with Gasteiger partial charge in [0, 0.05) is 88.3 Å². The van der Waals surface area contributed by atoms with E-state index in [0.717, 1.165) is 128 Å². The largest absolute Gasteiger partial charge is 0.456 e. The van der Waals surface area contributed by atoms with Crippen LogP contribution in [0.25, 0.3) is 188 Å². The van der Waals surface area contributed by atoms with E-state index in [4.69, 9.17) is 8.83 Å². The predicted octanol–water partition coefficient (Wildman–Crippen LogP) is 33.6. The Morgan fingerprint density at radius 3 is 0.770 bits per heavy atom. The minimum atomic E-state index is 0.887. The fourth-order valence-electron chi connectivity index (χ4n) is 18.9. The molecule has 0 atom stereocenters. The van der Waals surface area contributed by atoms with E-state index < -0.39 is 0 Å². The van der Waals surface area contributed by atoms with Gasteiger partial charge < -0.3 is 27.8 Å². The molecule has 0 unspecified atom stereocenters. The number of aromatic nitrogens is 2. The molecule has 4 aromatic heterocycles. The first-order valence-electron chi connectivity index (χ1n) is 43.0. The Morgan fingerprint density at radius 1 is 0.143 bits per heavy atom. The van der Waals surface area contributed by atoms with Gasteiger partial charge in [0.15, 0.2) is 0 Å². The van der Waals surface area contributed by atoms with Crippen LogP contribution in [0.15, 0.2) is 494 Å². The Bertz CT molecular complexity index is 8110. The summed E-state index contributed by atoms with van der Waals surface area (Å²) < 4.78 is 17.5. The van der Waals surface area contributed by atoms with Gasteiger partial charge in [-0.05, 0) is 223 Å². The van der Waals surface area contributed by atoms with Crippen molar-refractivity contribution in [2.75, 3.05) is 9.80 Å². The van der Waals surface area contributed by atoms with Crippen LogP contribution in [0, 0.1) is 0 Å². The maximum atomic E-state index is 6.34. The van der Waals surface area contributed by atoms with Crippen LogP contribution in [0.5, 0.6) is 0 Å². The number of furan rings is 2. The summed E-state index contributed by atoms with van der Waals surface area (Å²) in [7, 11) is 0. The SMILES string of the molecule is c1ccc(-c2ccccc2-c2ccc(N(c3ccc(-c4ccccc4-n4c5ccccc5c5ccccc54)cc3)c3cccc(-c4ccc5c(c4)oc4ccccc45)c3)cc2)cc1.c1ccc(-c2ccccc2-c2cccc(N(c3ccc(-c4ccccc4-n4c5ccccc5c5ccccc54)cc3)c3cccc(-c4ccc5c(c4)oc4ccccc45)c3)c2)cc1. The van der Waals surface area contributed by atoms with Gasteiger partial charge >= 0.3 is 0 Å². The van der Waals surface area contributed by atoms with Gasteiger partial charge in [-0.3, -0.25) is 0 Å². The summed E-state index contributed by atoms with van der Waals surface area (Å²) in [6.45, 7) is 0. The molecule has 0 aliphatic carbocycles. The number of rotatable bonds is 16. The quantitative estimate of drug-likeness (QED) is 0.0967. The highest BCUT2D eigenvalue weighted by molar-refractivity contribution is 6.12. The fraction of sp³-hybridized carbons (Fsp3) is 0. The van der Waals surface area contributed by atoms with Crippen molar-refractivity contribution in [3.05, 3.63) is 485 Å². The molecule has 126 heavy (non-hydrogen) atoms. The third-order valence-corrected chi connectivity index (χ3v) is 24.8. The third kappa shape index (κ3) is 13.5. The van der Waals surface area contributed by atoms with Crippen LogP contribution in [0.4, 0.5) is 34.1 Å². The molecule has 0 spiro atoms. The van der Waals surface area contributed by atoms with Crippen LogP contribution < -0.4 is 9.80 Å². The molecule has 0 saturated carbocycles. The van der Waals surface area contributed by atoms with Gasteiger partial charge in [-0.2, -0.15) is 0 Å². The first-order valence-corrected chi connectivity index (χ1v) is 43.0. The lowest BCUT2D eigenvalue weighted by molar-refractivity contribution is 0.668. The Morgan fingerprint density at radius 2 is 0.389 bits per heavy atom. The highest BCUT2D eigenvalue weighted by Gasteiger charge is 2.24. The zero-order chi connectivity index (χ0) is 83.4. The van der Waals surface area contributed by atoms with Gasteiger partial charge in [0.2, 0.25) is 0 Å². The van der Waals surface area contributed by atoms with Crippen LogP contribution in [0.2, 0.25) is 0 Å². The topological polar surface area (TPSA) is 42.6 Å². The number of hydrogen-bond acceptors (Lipinski definition) is 4. The summed E-state index contributed by atoms with van der Waals surface area (Å²) in [4.78, 5) is 4.74. The second-order valence-electron chi connectivity index (χ2n) is 32.2. The number of benzene rings is 20. The molecular weight excluding hydrogens is 1530 g/mol. The second-order valence-corrected chi connectivity index (χ2v) is 32.2. The van der Waals surface area contributed by atoms with E-state index in [1.165, 1.54) is 93.7 Å². The molecule has 0 saturated heterocycles. The second kappa shape index (κ2) is 32.0. The lowest BCUT2D eigenvalue weighted by atomic mass is 9.94. The van der Waals surface area contributed by atoms with E-state index in [-0.39, 0.29) is 0 Å². The Kier molecular flexibility index (Phi) is 18.8. The molecule has 0 fully saturated rings. The van der Waals surface area contributed by atoms with Gasteiger partial charge in [-0.1, -0.05) is 340 Å². The van der Waals surface area contributed by atoms with Crippen molar-refractivity contribution >= 4 is 122 Å². The molecule has 4 heterocycles. The molecule has 0 aliphatic rings. The molecule has 6 heteroatoms. The number of hydrogen-bond donors (Lipinski definition) is 0. The lowest BCUT2D eigenvalue weighted by Crippen LogP contribution is -2.10. The summed E-state index contributed by atoms with van der Waals surface area (Å²) in [5, 5.41) is 9.53. The summed E-state index contributed by atoms with van der Waals surface area (Å²) in [5.74, 6) is 0. The molecule has 0 amide bonds. The van der Waals surface area contributed by atoms with Crippen LogP contribution in [-0.2, 0) is 0 Å². The van der Waals surface area contributed by atoms with Gasteiger partial charge in [0.1, 0.15) is 22.3 Å². The van der Waals surface area contributed by atoms with E-state index in [1.807, 2.05) is 24.3 Å². The van der Waals surface area contributed by atoms with E-state index in [0.29, 0.717) is 0 Å². The summed E-state index contributed by atoms with van der Waals surface area (Å²) in [6.07, 6.45) is 0. The normalized spacial score (nSPS) is 11.5. The summed E-state index contributed by atoms with van der Waals surface area (Å²) in [5.41, 5.74) is 35.7. The highest BCUT2D eigenvalue weighted by Crippen LogP contribution is 2.47. The van der Waals surface area contributed by atoms with E-state index in [9.17, 15) is 0 Å². The van der Waals surface area contributed by atoms with E-state index >= 15 is 0 Å². The predicted molar refractivity (Wildman–Crippen MR) is 529 cm³/mol. The van der Waals surface area contributed by atoms with Crippen LogP contribution in [-0.4, -0.2) is 9.13 Å². The lowest BCUT2D eigenvalue weighted by Gasteiger charge is -2.27. The van der Waals surface area contributed by atoms with Crippen molar-refractivity contribution in [1.82, 2.24) is 9.13 Å². The van der Waals surface area contributed by atoms with Crippen molar-refractivity contribution in [1.29, 1.82) is 0 Å². The standard InChI is InChI=1S/2C60H40N2O/c1-2-16-41(17-3-1)49-22-4-5-23-50(49)45-19-15-21-48(39-45)61(47-20-14-18-43(38-47)44-34-37-55-54-27-9-13-31-59(54)63-60(55)40-44)46-35-32-42(33-36-46)51-24-6-10-28-56(51)62-57-29-11-7-25-52(57)53-26-8-12-30-58(53)62;1-2-15-41(16-3-1)49-19-4-5-20-50(49)42-29-34-46(35-30-42)61(48-18-14-17-44(39-48)45-33-38-55-54-24-9-13-28-59(54)63-60(55)40-45)47-36-31-43(32-37-47)51-21-6-10-25-56(51)62-57-26-11-7-22-52(57)53-23-8-12-27-58(53)62/h2*1-40H. The van der Waals surface area contributed by atoms with Crippen LogP contribution in [0.3, 0.4) is 0 Å². The highest BCUT2D eigenvalue weighted by atomic mass is 16.3. The monoisotopic (exact) mass is 1610 g/mol. The maximum Gasteiger partial charge on any atom is 0.136 e. The Labute approximate surface area is 730 Å². The minimum Gasteiger partial charge on any atom is -0.456 e. The molecule has 6 nitrogen and oxygen atoms in total. The van der Waals surface area contributed by atoms with Gasteiger partial charge in [-0.15, -0.1) is 0 Å². The smallest absolute Gasteiger partial charge is 0.136 e. The zero-order valence-electron chi connectivity index (χ0n) is 68.8. The number of anilines is 6. The van der Waals surface area contributed by atoms with Gasteiger partial charge in [-0.25, -0.2) is 0 Å². The number of nitrogens with zero attached hydrogens (tertiary/aromatic N) is 4. The Balaban J connectivity index is 0.000000145. The summed E-state index contributed by atoms with van der Waals surface area (Å²) >= 11 is 0. The van der Waals surface area contributed by atoms with Gasteiger partial charge in [0.05, 0.1) is 33.4 Å². The van der Waals surface area contributed by atoms with E-state index in [1.54, 1.807) is 0 Å². The van der Waals surface area contributed by atoms with Crippen molar-refractivity contribution in [2.24, 2.45) is 0 Å². The number of fused-ring (bicyclic) bond motifs is 12. The zero-order valence-corrected chi connectivity index (χ0v) is 68.8. The first kappa shape index (κ1) is 74.3. The molecule has 0 N–H and O–H groups in total. The molecule has 20 aromatic carbocycles. The van der Waals surface area contributed by atoms with Crippen LogP contribution in [0.1, 0.15) is 0 Å². The first-order chi connectivity index (χ1) is 62.5. The van der Waals surface area contributed by atoms with Crippen molar-refractivity contribution in [2.45, 2.75) is 0 Å². The van der Waals surface area contributed by atoms with Crippen molar-refractivity contribution < 1.29 is 8.83 Å². The average molecular weight is 1610 g/mol. The van der Waals surface area contributed by atoms with Crippen molar-refractivity contribution in [3.8, 4) is 100 Å². The minimum absolute atomic E-state index is 0.887. The fourth-order valence-corrected chi connectivity index (χ4v) is 18.9. The summed E-state index contributed by atoms with van der Waals surface area (Å²) in [6, 6.07) is 174. The number of para-hydroxylation sites is 8. The molecular formula is C120H80N4O2. The molecule has 0 bridgehead atoms. The Hall–Kier alpha value is -16.8. The molecule has 0 aliphatic heterocycles. The molecule has 592 valence electrons. The van der Waals surface area contributed by atoms with Crippen molar-refractivity contribution in [3.63, 3.8) is 0 Å². The average Bonchev–Trinajstić information content (AvgIpc) is 1.58. The van der Waals surface area contributed by atoms with Gasteiger partial charge in [0.25, 0.3) is 0 Å². The molecule has 24 rings (SSSR count). The van der Waals surface area contributed by atoms with Crippen LogP contribution >= 0.6 is 0 Å². The maximum absolute atomic E-state index is 6.34.